The lowest BCUT2D eigenvalue weighted by Gasteiger charge is -2.07. The van der Waals surface area contributed by atoms with E-state index >= 15 is 0 Å². The van der Waals surface area contributed by atoms with Gasteiger partial charge in [-0.3, -0.25) is 0 Å². The van der Waals surface area contributed by atoms with Crippen molar-refractivity contribution in [2.24, 2.45) is 5.92 Å². The molecule has 1 aromatic heterocycles. The third-order valence-electron chi connectivity index (χ3n) is 3.59. The number of halogens is 1. The van der Waals surface area contributed by atoms with Crippen LogP contribution < -0.4 is 5.32 Å². The number of hydrogen-bond acceptors (Lipinski definition) is 2. The van der Waals surface area contributed by atoms with Crippen LogP contribution in [-0.2, 0) is 6.54 Å². The number of fused-ring (bicyclic) bond motifs is 1. The molecule has 0 aliphatic heterocycles. The average Bonchev–Trinajstić information content (AvgIpc) is 3.11. The maximum absolute atomic E-state index is 6.05. The first kappa shape index (κ1) is 13.2. The minimum absolute atomic E-state index is 0.669. The summed E-state index contributed by atoms with van der Waals surface area (Å²) in [6.45, 7) is 6.33. The molecule has 0 unspecified atom stereocenters. The van der Waals surface area contributed by atoms with Gasteiger partial charge < -0.3 is 9.73 Å². The van der Waals surface area contributed by atoms with Crippen molar-refractivity contribution in [3.63, 3.8) is 0 Å². The molecular weight excluding hydrogens is 302 g/mol. The number of rotatable bonds is 5. The molecule has 1 aliphatic carbocycles. The Morgan fingerprint density at radius 1 is 1.37 bits per heavy atom. The summed E-state index contributed by atoms with van der Waals surface area (Å²) in [7, 11) is 0. The number of hydrogen-bond donors (Lipinski definition) is 1. The lowest BCUT2D eigenvalue weighted by molar-refractivity contribution is 0.481. The molecule has 1 aromatic carbocycles. The predicted octanol–water partition coefficient (Wildman–Crippen LogP) is 4.82. The van der Waals surface area contributed by atoms with Crippen molar-refractivity contribution in [2.75, 3.05) is 6.54 Å². The van der Waals surface area contributed by atoms with E-state index in [4.69, 9.17) is 4.42 Å². The maximum atomic E-state index is 6.05. The Labute approximate surface area is 122 Å². The molecule has 1 heterocycles. The van der Waals surface area contributed by atoms with Crippen LogP contribution in [0, 0.1) is 5.92 Å². The van der Waals surface area contributed by atoms with Crippen molar-refractivity contribution < 1.29 is 4.42 Å². The standard InChI is InChI=1S/C16H20BrNO/c1-10(2)8-18-9-15-16(11-3-4-11)13-7-12(17)5-6-14(13)19-15/h5-7,10-11,18H,3-4,8-9H2,1-2H3. The summed E-state index contributed by atoms with van der Waals surface area (Å²) >= 11 is 3.56. The Kier molecular flexibility index (Phi) is 3.68. The van der Waals surface area contributed by atoms with E-state index in [-0.39, 0.29) is 0 Å². The van der Waals surface area contributed by atoms with Gasteiger partial charge >= 0.3 is 0 Å². The van der Waals surface area contributed by atoms with Gasteiger partial charge in [0, 0.05) is 15.4 Å². The lowest BCUT2D eigenvalue weighted by Crippen LogP contribution is -2.19. The molecule has 1 saturated carbocycles. The van der Waals surface area contributed by atoms with Gasteiger partial charge in [-0.1, -0.05) is 29.8 Å². The molecule has 19 heavy (non-hydrogen) atoms. The third-order valence-corrected chi connectivity index (χ3v) is 4.08. The summed E-state index contributed by atoms with van der Waals surface area (Å²) in [6.07, 6.45) is 2.61. The highest BCUT2D eigenvalue weighted by molar-refractivity contribution is 9.10. The van der Waals surface area contributed by atoms with Crippen LogP contribution in [0.1, 0.15) is 43.9 Å². The quantitative estimate of drug-likeness (QED) is 0.854. The first-order valence-corrected chi connectivity index (χ1v) is 7.86. The average molecular weight is 322 g/mol. The van der Waals surface area contributed by atoms with E-state index in [1.54, 1.807) is 0 Å². The second-order valence-corrected chi connectivity index (χ2v) is 6.79. The van der Waals surface area contributed by atoms with E-state index in [1.165, 1.54) is 23.8 Å². The molecule has 1 aliphatic rings. The molecule has 0 amide bonds. The van der Waals surface area contributed by atoms with Crippen LogP contribution in [0.5, 0.6) is 0 Å². The fourth-order valence-corrected chi connectivity index (χ4v) is 2.93. The molecule has 102 valence electrons. The summed E-state index contributed by atoms with van der Waals surface area (Å²) in [5.41, 5.74) is 2.46. The molecule has 3 heteroatoms. The minimum atomic E-state index is 0.669. The van der Waals surface area contributed by atoms with E-state index in [0.29, 0.717) is 11.8 Å². The Bertz CT molecular complexity index is 584. The molecule has 2 nitrogen and oxygen atoms in total. The molecule has 1 fully saturated rings. The largest absolute Gasteiger partial charge is 0.459 e. The van der Waals surface area contributed by atoms with Crippen molar-refractivity contribution >= 4 is 26.9 Å². The van der Waals surface area contributed by atoms with E-state index in [1.807, 2.05) is 6.07 Å². The van der Waals surface area contributed by atoms with Gasteiger partial charge in [-0.2, -0.15) is 0 Å². The fraction of sp³-hybridized carbons (Fsp3) is 0.500. The normalized spacial score (nSPS) is 15.6. The van der Waals surface area contributed by atoms with Gasteiger partial charge in [0.1, 0.15) is 11.3 Å². The van der Waals surface area contributed by atoms with Crippen LogP contribution >= 0.6 is 15.9 Å². The summed E-state index contributed by atoms with van der Waals surface area (Å²) in [6, 6.07) is 6.31. The third kappa shape index (κ3) is 2.87. The molecule has 3 rings (SSSR count). The van der Waals surface area contributed by atoms with Gasteiger partial charge in [0.15, 0.2) is 0 Å². The molecule has 0 atom stereocenters. The highest BCUT2D eigenvalue weighted by Crippen LogP contribution is 2.46. The van der Waals surface area contributed by atoms with Crippen LogP contribution in [0.2, 0.25) is 0 Å². The van der Waals surface area contributed by atoms with E-state index in [9.17, 15) is 0 Å². The number of nitrogens with one attached hydrogen (secondary N) is 1. The zero-order chi connectivity index (χ0) is 13.4. The molecule has 0 radical (unpaired) electrons. The lowest BCUT2D eigenvalue weighted by atomic mass is 10.1. The summed E-state index contributed by atoms with van der Waals surface area (Å²) in [5, 5.41) is 4.78. The Morgan fingerprint density at radius 3 is 2.84 bits per heavy atom. The summed E-state index contributed by atoms with van der Waals surface area (Å²) in [4.78, 5) is 0. The van der Waals surface area contributed by atoms with Crippen molar-refractivity contribution in [1.29, 1.82) is 0 Å². The first-order chi connectivity index (χ1) is 9.15. The molecule has 2 aromatic rings. The van der Waals surface area contributed by atoms with Crippen LogP contribution in [0.4, 0.5) is 0 Å². The molecule has 0 bridgehead atoms. The Balaban J connectivity index is 1.91. The van der Waals surface area contributed by atoms with Crippen LogP contribution in [0.3, 0.4) is 0 Å². The first-order valence-electron chi connectivity index (χ1n) is 7.06. The molecule has 0 spiro atoms. The Hall–Kier alpha value is -0.800. The highest BCUT2D eigenvalue weighted by Gasteiger charge is 2.30. The van der Waals surface area contributed by atoms with Crippen molar-refractivity contribution in [1.82, 2.24) is 5.32 Å². The molecule has 0 saturated heterocycles. The minimum Gasteiger partial charge on any atom is -0.459 e. The van der Waals surface area contributed by atoms with E-state index < -0.39 is 0 Å². The smallest absolute Gasteiger partial charge is 0.134 e. The molecular formula is C16H20BrNO. The van der Waals surface area contributed by atoms with Crippen LogP contribution in [-0.4, -0.2) is 6.54 Å². The van der Waals surface area contributed by atoms with Gasteiger partial charge in [-0.05, 0) is 49.4 Å². The predicted molar refractivity (Wildman–Crippen MR) is 82.4 cm³/mol. The zero-order valence-corrected chi connectivity index (χ0v) is 13.1. The summed E-state index contributed by atoms with van der Waals surface area (Å²) < 4.78 is 7.18. The maximum Gasteiger partial charge on any atom is 0.134 e. The number of benzene rings is 1. The van der Waals surface area contributed by atoms with Crippen molar-refractivity contribution in [2.45, 2.75) is 39.2 Å². The van der Waals surface area contributed by atoms with Gasteiger partial charge in [0.2, 0.25) is 0 Å². The topological polar surface area (TPSA) is 25.2 Å². The van der Waals surface area contributed by atoms with Crippen molar-refractivity contribution in [3.05, 3.63) is 34.0 Å². The monoisotopic (exact) mass is 321 g/mol. The van der Waals surface area contributed by atoms with E-state index in [2.05, 4.69) is 47.2 Å². The zero-order valence-electron chi connectivity index (χ0n) is 11.5. The second kappa shape index (κ2) is 5.29. The van der Waals surface area contributed by atoms with Gasteiger partial charge in [0.05, 0.1) is 6.54 Å². The van der Waals surface area contributed by atoms with Gasteiger partial charge in [-0.15, -0.1) is 0 Å². The fourth-order valence-electron chi connectivity index (χ4n) is 2.56. The van der Waals surface area contributed by atoms with E-state index in [0.717, 1.165) is 28.9 Å². The van der Waals surface area contributed by atoms with Gasteiger partial charge in [0.25, 0.3) is 0 Å². The summed E-state index contributed by atoms with van der Waals surface area (Å²) in [5.74, 6) is 2.52. The highest BCUT2D eigenvalue weighted by atomic mass is 79.9. The Morgan fingerprint density at radius 2 is 2.16 bits per heavy atom. The second-order valence-electron chi connectivity index (χ2n) is 5.88. The van der Waals surface area contributed by atoms with Crippen LogP contribution in [0.15, 0.2) is 27.1 Å². The molecule has 1 N–H and O–H groups in total. The van der Waals surface area contributed by atoms with Crippen molar-refractivity contribution in [3.8, 4) is 0 Å². The van der Waals surface area contributed by atoms with Crippen LogP contribution in [0.25, 0.3) is 11.0 Å². The number of furan rings is 1. The SMILES string of the molecule is CC(C)CNCc1oc2ccc(Br)cc2c1C1CC1. The van der Waals surface area contributed by atoms with Gasteiger partial charge in [-0.25, -0.2) is 0 Å².